The van der Waals surface area contributed by atoms with Crippen molar-refractivity contribution >= 4 is 36.7 Å². The summed E-state index contributed by atoms with van der Waals surface area (Å²) in [6.07, 6.45) is 6.81. The average molecular weight is 773 g/mol. The van der Waals surface area contributed by atoms with Crippen LogP contribution in [0.3, 0.4) is 0 Å². The molecule has 6 heterocycles. The summed E-state index contributed by atoms with van der Waals surface area (Å²) in [5.41, 5.74) is 2.33. The minimum atomic E-state index is -1.86. The van der Waals surface area contributed by atoms with E-state index in [9.17, 15) is 4.79 Å². The predicted molar refractivity (Wildman–Crippen MR) is 218 cm³/mol. The van der Waals surface area contributed by atoms with Gasteiger partial charge in [0.25, 0.3) is 0 Å². The lowest BCUT2D eigenvalue weighted by atomic mass is 9.95. The first-order valence-corrected chi connectivity index (χ1v) is 23.5. The number of anilines is 2. The summed E-state index contributed by atoms with van der Waals surface area (Å²) < 4.78 is 34.7. The zero-order chi connectivity index (χ0) is 38.9. The molecule has 1 aromatic heterocycles. The maximum atomic E-state index is 15.3. The number of aromatic nitrogens is 2. The number of rotatable bonds is 8. The molecule has 0 aliphatic carbocycles. The summed E-state index contributed by atoms with van der Waals surface area (Å²) in [4.78, 5) is 33.0. The second-order valence-corrected chi connectivity index (χ2v) is 24.1. The Kier molecular flexibility index (Phi) is 9.89. The van der Waals surface area contributed by atoms with Crippen LogP contribution in [0.5, 0.6) is 6.01 Å². The summed E-state index contributed by atoms with van der Waals surface area (Å²) in [5.74, 6) is 0.701. The highest BCUT2D eigenvalue weighted by Gasteiger charge is 2.51. The quantitative estimate of drug-likeness (QED) is 0.210. The Morgan fingerprint density at radius 3 is 2.38 bits per heavy atom. The van der Waals surface area contributed by atoms with Gasteiger partial charge in [-0.1, -0.05) is 45.0 Å². The van der Waals surface area contributed by atoms with Gasteiger partial charge in [-0.2, -0.15) is 9.97 Å². The summed E-state index contributed by atoms with van der Waals surface area (Å²) in [7, 11) is -1.86. The first-order valence-electron chi connectivity index (χ1n) is 20.6. The Hall–Kier alpha value is -3.48. The summed E-state index contributed by atoms with van der Waals surface area (Å²) in [5, 5.41) is 1.71. The van der Waals surface area contributed by atoms with Crippen molar-refractivity contribution in [2.24, 2.45) is 0 Å². The minimum Gasteiger partial charge on any atom is -0.461 e. The largest absolute Gasteiger partial charge is 0.461 e. The molecule has 5 aliphatic rings. The van der Waals surface area contributed by atoms with Crippen molar-refractivity contribution in [2.75, 3.05) is 49.2 Å². The van der Waals surface area contributed by atoms with Crippen molar-refractivity contribution in [1.82, 2.24) is 19.8 Å². The fourth-order valence-electron chi connectivity index (χ4n) is 9.66. The molecule has 3 aromatic rings. The van der Waals surface area contributed by atoms with Crippen molar-refractivity contribution in [1.29, 1.82) is 0 Å². The van der Waals surface area contributed by atoms with Gasteiger partial charge in [-0.3, -0.25) is 9.80 Å². The lowest BCUT2D eigenvalue weighted by Gasteiger charge is -2.43. The maximum Gasteiger partial charge on any atom is 0.410 e. The molecule has 0 spiro atoms. The van der Waals surface area contributed by atoms with E-state index in [1.807, 2.05) is 49.9 Å². The highest BCUT2D eigenvalue weighted by Crippen LogP contribution is 2.45. The molecular formula is C43H61FN6O4Si. The number of carbonyl (C=O) groups excluding carboxylic acids is 1. The average Bonchev–Trinajstić information content (AvgIpc) is 3.77. The number of carbonyl (C=O) groups is 1. The van der Waals surface area contributed by atoms with Crippen LogP contribution in [0.4, 0.5) is 20.7 Å². The maximum absolute atomic E-state index is 15.3. The highest BCUT2D eigenvalue weighted by atomic mass is 28.4. The van der Waals surface area contributed by atoms with Gasteiger partial charge in [-0.15, -0.1) is 0 Å². The van der Waals surface area contributed by atoms with Crippen LogP contribution in [0.15, 0.2) is 36.4 Å². The van der Waals surface area contributed by atoms with Crippen LogP contribution in [-0.4, -0.2) is 103 Å². The number of amides is 1. The number of hydrogen-bond acceptors (Lipinski definition) is 9. The molecule has 298 valence electrons. The fourth-order valence-corrected chi connectivity index (χ4v) is 10.7. The third-order valence-electron chi connectivity index (χ3n) is 13.5. The molecule has 4 saturated heterocycles. The number of fused-ring (bicyclic) bond motifs is 5. The number of benzene rings is 2. The van der Waals surface area contributed by atoms with E-state index in [-0.39, 0.29) is 34.6 Å². The van der Waals surface area contributed by atoms with Gasteiger partial charge in [-0.25, -0.2) is 9.18 Å². The molecule has 4 fully saturated rings. The molecule has 8 rings (SSSR count). The van der Waals surface area contributed by atoms with Gasteiger partial charge in [0.1, 0.15) is 23.8 Å². The Morgan fingerprint density at radius 1 is 0.945 bits per heavy atom. The molecular weight excluding hydrogens is 712 g/mol. The first-order chi connectivity index (χ1) is 26.0. The van der Waals surface area contributed by atoms with Gasteiger partial charge in [0.05, 0.1) is 29.9 Å². The van der Waals surface area contributed by atoms with Crippen molar-refractivity contribution in [3.63, 3.8) is 0 Å². The SMILES string of the molecule is CC(C)(C)OC(=O)N1[C@@H]2CC[C@H]1CN(c1nc(OCC34CCCN3C(CO[Si](C)(C)C(C)(C)C)CC4)nc3c1CCN(c1cccc4cccc(F)c14)C3)C2. The van der Waals surface area contributed by atoms with Crippen LogP contribution in [-0.2, 0) is 22.1 Å². The molecule has 2 unspecified atom stereocenters. The Morgan fingerprint density at radius 2 is 1.67 bits per heavy atom. The monoisotopic (exact) mass is 772 g/mol. The topological polar surface area (TPSA) is 83.5 Å². The molecule has 4 atom stereocenters. The molecule has 12 heteroatoms. The second-order valence-electron chi connectivity index (χ2n) is 19.3. The van der Waals surface area contributed by atoms with Crippen molar-refractivity contribution < 1.29 is 23.1 Å². The standard InChI is InChI=1S/C43H61FN6O4Si/c1-41(2,3)54-40(51)50-30-16-17-31(50)25-48(24-30)38-33-19-23-47(36-15-10-13-29-12-9-14-34(44)37(29)36)26-35(33)45-39(46-38)52-28-43-20-11-22-49(43)32(18-21-43)27-53-55(7,8)42(4,5)6/h9-10,12-15,30-32H,11,16-28H2,1-8H3/t30-,31+,32?,43?. The van der Waals surface area contributed by atoms with Crippen molar-refractivity contribution in [2.45, 2.75) is 140 Å². The van der Waals surface area contributed by atoms with Crippen LogP contribution in [0.2, 0.25) is 18.1 Å². The number of piperazine rings is 1. The first kappa shape index (κ1) is 38.4. The zero-order valence-corrected chi connectivity index (χ0v) is 35.3. The molecule has 10 nitrogen and oxygen atoms in total. The summed E-state index contributed by atoms with van der Waals surface area (Å²) in [6.45, 7) is 22.4. The van der Waals surface area contributed by atoms with Crippen molar-refractivity contribution in [3.8, 4) is 6.01 Å². The Labute approximate surface area is 327 Å². The van der Waals surface area contributed by atoms with E-state index in [0.717, 1.165) is 92.8 Å². The van der Waals surface area contributed by atoms with Crippen LogP contribution in [0.1, 0.15) is 91.3 Å². The molecule has 2 bridgehead atoms. The van der Waals surface area contributed by atoms with E-state index in [1.165, 1.54) is 0 Å². The molecule has 0 N–H and O–H groups in total. The number of halogens is 1. The molecule has 5 aliphatic heterocycles. The van der Waals surface area contributed by atoms with Gasteiger partial charge in [0.2, 0.25) is 0 Å². The van der Waals surface area contributed by atoms with Crippen LogP contribution in [0, 0.1) is 5.82 Å². The van der Waals surface area contributed by atoms with Gasteiger partial charge < -0.3 is 23.7 Å². The lowest BCUT2D eigenvalue weighted by molar-refractivity contribution is 0.0122. The van der Waals surface area contributed by atoms with Crippen LogP contribution in [0.25, 0.3) is 10.8 Å². The predicted octanol–water partition coefficient (Wildman–Crippen LogP) is 8.32. The van der Waals surface area contributed by atoms with E-state index in [2.05, 4.69) is 48.6 Å². The Bertz CT molecular complexity index is 1910. The van der Waals surface area contributed by atoms with Gasteiger partial charge in [0.15, 0.2) is 8.32 Å². The van der Waals surface area contributed by atoms with Gasteiger partial charge in [0, 0.05) is 48.9 Å². The van der Waals surface area contributed by atoms with E-state index >= 15 is 4.39 Å². The highest BCUT2D eigenvalue weighted by molar-refractivity contribution is 6.74. The third kappa shape index (κ3) is 7.31. The van der Waals surface area contributed by atoms with Gasteiger partial charge >= 0.3 is 12.1 Å². The molecule has 0 saturated carbocycles. The number of hydrogen-bond donors (Lipinski definition) is 0. The minimum absolute atomic E-state index is 0.0500. The van der Waals surface area contributed by atoms with Gasteiger partial charge in [-0.05, 0) is 108 Å². The molecule has 2 aromatic carbocycles. The zero-order valence-electron chi connectivity index (χ0n) is 34.3. The molecule has 55 heavy (non-hydrogen) atoms. The Balaban J connectivity index is 1.07. The van der Waals surface area contributed by atoms with E-state index < -0.39 is 13.9 Å². The van der Waals surface area contributed by atoms with E-state index in [4.69, 9.17) is 23.9 Å². The number of ether oxygens (including phenoxy) is 2. The second kappa shape index (κ2) is 14.2. The fraction of sp³-hybridized carbons (Fsp3) is 0.651. The summed E-state index contributed by atoms with van der Waals surface area (Å²) >= 11 is 0. The normalized spacial score (nSPS) is 25.8. The smallest absolute Gasteiger partial charge is 0.410 e. The molecule has 0 radical (unpaired) electrons. The number of nitrogens with zero attached hydrogens (tertiary/aromatic N) is 6. The lowest BCUT2D eigenvalue weighted by Crippen LogP contribution is -2.57. The van der Waals surface area contributed by atoms with E-state index in [0.29, 0.717) is 43.7 Å². The van der Waals surface area contributed by atoms with Crippen LogP contribution < -0.4 is 14.5 Å². The van der Waals surface area contributed by atoms with E-state index in [1.54, 1.807) is 12.1 Å². The van der Waals surface area contributed by atoms with Crippen LogP contribution >= 0.6 is 0 Å². The summed E-state index contributed by atoms with van der Waals surface area (Å²) in [6, 6.07) is 12.2. The third-order valence-corrected chi connectivity index (χ3v) is 18.0. The molecule has 1 amide bonds. The van der Waals surface area contributed by atoms with Crippen molar-refractivity contribution in [3.05, 3.63) is 53.5 Å².